The molecule has 0 atom stereocenters. The number of hydrogen-bond donors (Lipinski definition) is 1. The molecule has 2 nitrogen and oxygen atoms in total. The largest absolute Gasteiger partial charge is 0.465 e. The molecule has 2 rings (SSSR count). The quantitative estimate of drug-likeness (QED) is 0.907. The molecule has 0 saturated carbocycles. The van der Waals surface area contributed by atoms with Gasteiger partial charge in [0.1, 0.15) is 11.5 Å². The van der Waals surface area contributed by atoms with E-state index in [4.69, 9.17) is 4.42 Å². The highest BCUT2D eigenvalue weighted by Crippen LogP contribution is 2.22. The molecule has 3 heteroatoms. The Morgan fingerprint density at radius 1 is 1.11 bits per heavy atom. The molecule has 1 aromatic heterocycles. The Bertz CT molecular complexity index is 514. The second kappa shape index (κ2) is 5.29. The maximum atomic E-state index is 5.56. The van der Waals surface area contributed by atoms with Crippen LogP contribution in [0.3, 0.4) is 0 Å². The molecular formula is C15H18BrNO. The van der Waals surface area contributed by atoms with Crippen LogP contribution >= 0.6 is 15.9 Å². The van der Waals surface area contributed by atoms with Gasteiger partial charge in [-0.25, -0.2) is 0 Å². The number of nitrogens with one attached hydrogen (secondary N) is 1. The minimum atomic E-state index is -0.0819. The van der Waals surface area contributed by atoms with Crippen LogP contribution in [-0.2, 0) is 12.1 Å². The summed E-state index contributed by atoms with van der Waals surface area (Å²) in [5.74, 6) is 1.92. The summed E-state index contributed by atoms with van der Waals surface area (Å²) >= 11 is 3.46. The molecule has 1 aromatic carbocycles. The van der Waals surface area contributed by atoms with E-state index in [9.17, 15) is 0 Å². The number of rotatable bonds is 4. The highest BCUT2D eigenvalue weighted by atomic mass is 79.9. The molecule has 0 aliphatic heterocycles. The molecule has 1 heterocycles. The molecule has 1 N–H and O–H groups in total. The smallest absolute Gasteiger partial charge is 0.117 e. The lowest BCUT2D eigenvalue weighted by Gasteiger charge is -2.26. The third kappa shape index (κ3) is 3.24. The molecule has 0 aliphatic rings. The summed E-state index contributed by atoms with van der Waals surface area (Å²) in [6.45, 7) is 7.04. The Kier molecular flexibility index (Phi) is 3.93. The van der Waals surface area contributed by atoms with E-state index in [1.165, 1.54) is 5.56 Å². The summed E-state index contributed by atoms with van der Waals surface area (Å²) in [6, 6.07) is 12.4. The van der Waals surface area contributed by atoms with E-state index in [1.54, 1.807) is 0 Å². The monoisotopic (exact) mass is 307 g/mol. The van der Waals surface area contributed by atoms with Crippen LogP contribution in [0.4, 0.5) is 0 Å². The Balaban J connectivity index is 2.04. The highest BCUT2D eigenvalue weighted by molar-refractivity contribution is 9.10. The van der Waals surface area contributed by atoms with Crippen LogP contribution in [-0.4, -0.2) is 0 Å². The minimum absolute atomic E-state index is 0.0819. The van der Waals surface area contributed by atoms with E-state index in [1.807, 2.05) is 19.1 Å². The molecule has 18 heavy (non-hydrogen) atoms. The zero-order valence-electron chi connectivity index (χ0n) is 11.0. The van der Waals surface area contributed by atoms with Gasteiger partial charge in [-0.2, -0.15) is 0 Å². The van der Waals surface area contributed by atoms with E-state index in [-0.39, 0.29) is 5.54 Å². The molecule has 0 bridgehead atoms. The van der Waals surface area contributed by atoms with E-state index in [2.05, 4.69) is 59.4 Å². The number of hydrogen-bond acceptors (Lipinski definition) is 2. The van der Waals surface area contributed by atoms with E-state index >= 15 is 0 Å². The maximum absolute atomic E-state index is 5.56. The van der Waals surface area contributed by atoms with Gasteiger partial charge in [0.05, 0.1) is 6.54 Å². The lowest BCUT2D eigenvalue weighted by Crippen LogP contribution is -2.35. The number of halogens is 1. The average Bonchev–Trinajstić information content (AvgIpc) is 2.73. The SMILES string of the molecule is Cc1ccc(CNC(C)(C)c2ccc(Br)cc2)o1. The lowest BCUT2D eigenvalue weighted by atomic mass is 9.94. The van der Waals surface area contributed by atoms with Crippen LogP contribution in [0.1, 0.15) is 30.9 Å². The van der Waals surface area contributed by atoms with Crippen LogP contribution in [0.25, 0.3) is 0 Å². The fourth-order valence-corrected chi connectivity index (χ4v) is 2.12. The number of aryl methyl sites for hydroxylation is 1. The molecule has 0 amide bonds. The van der Waals surface area contributed by atoms with Crippen molar-refractivity contribution in [1.82, 2.24) is 5.32 Å². The van der Waals surface area contributed by atoms with Gasteiger partial charge in [-0.1, -0.05) is 28.1 Å². The van der Waals surface area contributed by atoms with E-state index < -0.39 is 0 Å². The molecule has 0 unspecified atom stereocenters. The van der Waals surface area contributed by atoms with E-state index in [0.717, 1.165) is 22.5 Å². The summed E-state index contributed by atoms with van der Waals surface area (Å²) in [4.78, 5) is 0. The first-order valence-electron chi connectivity index (χ1n) is 6.04. The predicted molar refractivity (Wildman–Crippen MR) is 77.5 cm³/mol. The molecule has 96 valence electrons. The van der Waals surface area contributed by atoms with Crippen LogP contribution in [0.15, 0.2) is 45.3 Å². The summed E-state index contributed by atoms with van der Waals surface area (Å²) in [6.07, 6.45) is 0. The van der Waals surface area contributed by atoms with Gasteiger partial charge in [0, 0.05) is 10.0 Å². The van der Waals surface area contributed by atoms with Gasteiger partial charge in [0.25, 0.3) is 0 Å². The number of benzene rings is 1. The summed E-state index contributed by atoms with van der Waals surface area (Å²) in [5.41, 5.74) is 1.18. The fraction of sp³-hybridized carbons (Fsp3) is 0.333. The molecule has 0 fully saturated rings. The van der Waals surface area contributed by atoms with Gasteiger partial charge >= 0.3 is 0 Å². The molecule has 0 radical (unpaired) electrons. The Labute approximate surface area is 117 Å². The van der Waals surface area contributed by atoms with Gasteiger partial charge in [0.15, 0.2) is 0 Å². The molecular weight excluding hydrogens is 290 g/mol. The van der Waals surface area contributed by atoms with Crippen molar-refractivity contribution in [3.63, 3.8) is 0 Å². The van der Waals surface area contributed by atoms with Crippen molar-refractivity contribution in [2.45, 2.75) is 32.9 Å². The van der Waals surface area contributed by atoms with Gasteiger partial charge in [-0.05, 0) is 50.6 Å². The van der Waals surface area contributed by atoms with Crippen LogP contribution in [0.2, 0.25) is 0 Å². The van der Waals surface area contributed by atoms with Crippen molar-refractivity contribution in [3.8, 4) is 0 Å². The fourth-order valence-electron chi connectivity index (χ4n) is 1.86. The van der Waals surface area contributed by atoms with Crippen molar-refractivity contribution in [2.24, 2.45) is 0 Å². The predicted octanol–water partition coefficient (Wildman–Crippen LogP) is 4.38. The lowest BCUT2D eigenvalue weighted by molar-refractivity contribution is 0.366. The van der Waals surface area contributed by atoms with Crippen molar-refractivity contribution < 1.29 is 4.42 Å². The van der Waals surface area contributed by atoms with Crippen LogP contribution in [0.5, 0.6) is 0 Å². The average molecular weight is 308 g/mol. The molecule has 0 saturated heterocycles. The summed E-state index contributed by atoms with van der Waals surface area (Å²) in [5, 5.41) is 3.52. The summed E-state index contributed by atoms with van der Waals surface area (Å²) in [7, 11) is 0. The van der Waals surface area contributed by atoms with Crippen molar-refractivity contribution in [1.29, 1.82) is 0 Å². The number of furan rings is 1. The third-order valence-electron chi connectivity index (χ3n) is 3.07. The second-order valence-electron chi connectivity index (χ2n) is 5.00. The topological polar surface area (TPSA) is 25.2 Å². The standard InChI is InChI=1S/C15H18BrNO/c1-11-4-9-14(18-11)10-17-15(2,3)12-5-7-13(16)8-6-12/h4-9,17H,10H2,1-3H3. The summed E-state index contributed by atoms with van der Waals surface area (Å²) < 4.78 is 6.66. The minimum Gasteiger partial charge on any atom is -0.465 e. The zero-order valence-corrected chi connectivity index (χ0v) is 12.5. The zero-order chi connectivity index (χ0) is 13.2. The Hall–Kier alpha value is -1.06. The van der Waals surface area contributed by atoms with Gasteiger partial charge < -0.3 is 9.73 Å². The van der Waals surface area contributed by atoms with Crippen molar-refractivity contribution in [3.05, 3.63) is 58.0 Å². The Morgan fingerprint density at radius 3 is 2.33 bits per heavy atom. The van der Waals surface area contributed by atoms with E-state index in [0.29, 0.717) is 0 Å². The van der Waals surface area contributed by atoms with Gasteiger partial charge in [-0.15, -0.1) is 0 Å². The third-order valence-corrected chi connectivity index (χ3v) is 3.60. The molecule has 2 aromatic rings. The molecule has 0 aliphatic carbocycles. The highest BCUT2D eigenvalue weighted by Gasteiger charge is 2.19. The van der Waals surface area contributed by atoms with Crippen molar-refractivity contribution >= 4 is 15.9 Å². The normalized spacial score (nSPS) is 11.8. The first-order valence-corrected chi connectivity index (χ1v) is 6.83. The van der Waals surface area contributed by atoms with Crippen molar-refractivity contribution in [2.75, 3.05) is 0 Å². The van der Waals surface area contributed by atoms with Crippen LogP contribution in [0, 0.1) is 6.92 Å². The van der Waals surface area contributed by atoms with Gasteiger partial charge in [0.2, 0.25) is 0 Å². The maximum Gasteiger partial charge on any atom is 0.117 e. The Morgan fingerprint density at radius 2 is 1.78 bits per heavy atom. The second-order valence-corrected chi connectivity index (χ2v) is 5.91. The first kappa shape index (κ1) is 13.4. The van der Waals surface area contributed by atoms with Gasteiger partial charge in [-0.3, -0.25) is 0 Å². The molecule has 0 spiro atoms. The first-order chi connectivity index (χ1) is 8.47. The van der Waals surface area contributed by atoms with Crippen LogP contribution < -0.4 is 5.32 Å².